The number of benzene rings is 1. The van der Waals surface area contributed by atoms with E-state index in [2.05, 4.69) is 18.5 Å². The van der Waals surface area contributed by atoms with E-state index in [1.165, 1.54) is 0 Å². The van der Waals surface area contributed by atoms with Crippen molar-refractivity contribution < 1.29 is 9.47 Å². The molecule has 0 bridgehead atoms. The number of anilines is 1. The van der Waals surface area contributed by atoms with Gasteiger partial charge < -0.3 is 15.2 Å². The smallest absolute Gasteiger partial charge is 0.262 e. The van der Waals surface area contributed by atoms with Crippen molar-refractivity contribution in [2.45, 2.75) is 19.8 Å². The van der Waals surface area contributed by atoms with Gasteiger partial charge in [-0.3, -0.25) is 0 Å². The lowest BCUT2D eigenvalue weighted by Gasteiger charge is -2.13. The fraction of sp³-hybridized carbons (Fsp3) is 0.235. The molecule has 0 aliphatic carbocycles. The Balaban J connectivity index is 2.27. The molecule has 0 aliphatic rings. The summed E-state index contributed by atoms with van der Waals surface area (Å²) in [5, 5.41) is 0. The first-order valence-corrected chi connectivity index (χ1v) is 6.99. The van der Waals surface area contributed by atoms with Crippen molar-refractivity contribution in [1.29, 1.82) is 0 Å². The molecule has 1 aromatic heterocycles. The van der Waals surface area contributed by atoms with Crippen molar-refractivity contribution in [2.24, 2.45) is 0 Å². The molecule has 110 valence electrons. The van der Waals surface area contributed by atoms with E-state index in [1.54, 1.807) is 12.3 Å². The van der Waals surface area contributed by atoms with Crippen molar-refractivity contribution in [1.82, 2.24) is 4.98 Å². The number of aromatic nitrogens is 1. The van der Waals surface area contributed by atoms with Gasteiger partial charge >= 0.3 is 0 Å². The molecule has 0 aliphatic heterocycles. The van der Waals surface area contributed by atoms with Crippen LogP contribution in [0.4, 0.5) is 5.69 Å². The van der Waals surface area contributed by atoms with Crippen molar-refractivity contribution in [2.75, 3.05) is 12.3 Å². The number of pyridine rings is 1. The third-order valence-corrected chi connectivity index (χ3v) is 2.85. The normalized spacial score (nSPS) is 10.1. The Bertz CT molecular complexity index is 611. The van der Waals surface area contributed by atoms with Crippen LogP contribution in [-0.4, -0.2) is 11.6 Å². The molecule has 0 spiro atoms. The molecule has 1 heterocycles. The van der Waals surface area contributed by atoms with Gasteiger partial charge in [0, 0.05) is 17.4 Å². The molecule has 2 N–H and O–H groups in total. The predicted molar refractivity (Wildman–Crippen MR) is 84.9 cm³/mol. The summed E-state index contributed by atoms with van der Waals surface area (Å²) in [5.41, 5.74) is 7.48. The molecule has 21 heavy (non-hydrogen) atoms. The minimum atomic E-state index is 0.459. The van der Waals surface area contributed by atoms with Gasteiger partial charge in [0.15, 0.2) is 5.75 Å². The van der Waals surface area contributed by atoms with E-state index in [9.17, 15) is 0 Å². The highest BCUT2D eigenvalue weighted by Gasteiger charge is 2.10. The van der Waals surface area contributed by atoms with Gasteiger partial charge in [0.2, 0.25) is 0 Å². The highest BCUT2D eigenvalue weighted by molar-refractivity contribution is 5.50. The number of hydrogen-bond donors (Lipinski definition) is 1. The summed E-state index contributed by atoms with van der Waals surface area (Å²) in [6.45, 7) is 6.44. The lowest BCUT2D eigenvalue weighted by molar-refractivity contribution is 0.297. The second-order valence-corrected chi connectivity index (χ2v) is 4.62. The van der Waals surface area contributed by atoms with Gasteiger partial charge in [0.1, 0.15) is 5.75 Å². The minimum Gasteiger partial charge on any atom is -0.488 e. The summed E-state index contributed by atoms with van der Waals surface area (Å²) in [6, 6.07) is 9.20. The van der Waals surface area contributed by atoms with Gasteiger partial charge in [-0.1, -0.05) is 13.0 Å². The number of nitrogens with zero attached hydrogens (tertiary/aromatic N) is 1. The summed E-state index contributed by atoms with van der Waals surface area (Å²) < 4.78 is 11.6. The third kappa shape index (κ3) is 3.99. The highest BCUT2D eigenvalue weighted by atomic mass is 16.5. The number of nitrogens with two attached hydrogens (primary N) is 1. The molecule has 1 aromatic carbocycles. The Kier molecular flexibility index (Phi) is 5.21. The van der Waals surface area contributed by atoms with Gasteiger partial charge in [-0.2, -0.15) is 0 Å². The number of ether oxygens (including phenoxy) is 2. The fourth-order valence-corrected chi connectivity index (χ4v) is 1.89. The van der Waals surface area contributed by atoms with Crippen LogP contribution in [0.1, 0.15) is 18.9 Å². The SMILES string of the molecule is C=CCc1cc(N)ccc1Oc1ncccc1OCCC. The van der Waals surface area contributed by atoms with Crippen LogP contribution in [0, 0.1) is 0 Å². The van der Waals surface area contributed by atoms with Crippen LogP contribution in [0.2, 0.25) is 0 Å². The van der Waals surface area contributed by atoms with E-state index < -0.39 is 0 Å². The van der Waals surface area contributed by atoms with E-state index >= 15 is 0 Å². The third-order valence-electron chi connectivity index (χ3n) is 2.85. The van der Waals surface area contributed by atoms with Crippen molar-refractivity contribution in [3.05, 3.63) is 54.7 Å². The van der Waals surface area contributed by atoms with Crippen LogP contribution in [0.25, 0.3) is 0 Å². The summed E-state index contributed by atoms with van der Waals surface area (Å²) in [4.78, 5) is 4.25. The average molecular weight is 284 g/mol. The highest BCUT2D eigenvalue weighted by Crippen LogP contribution is 2.32. The van der Waals surface area contributed by atoms with E-state index in [1.807, 2.05) is 30.3 Å². The molecule has 4 nitrogen and oxygen atoms in total. The largest absolute Gasteiger partial charge is 0.488 e. The average Bonchev–Trinajstić information content (AvgIpc) is 2.49. The number of hydrogen-bond acceptors (Lipinski definition) is 4. The first kappa shape index (κ1) is 14.9. The maximum absolute atomic E-state index is 5.91. The molecule has 2 rings (SSSR count). The Morgan fingerprint density at radius 3 is 2.90 bits per heavy atom. The molecule has 0 saturated carbocycles. The lowest BCUT2D eigenvalue weighted by Crippen LogP contribution is -2.00. The zero-order valence-electron chi connectivity index (χ0n) is 12.2. The van der Waals surface area contributed by atoms with E-state index in [-0.39, 0.29) is 0 Å². The van der Waals surface area contributed by atoms with Crippen molar-refractivity contribution >= 4 is 5.69 Å². The van der Waals surface area contributed by atoms with Crippen LogP contribution < -0.4 is 15.2 Å². The maximum Gasteiger partial charge on any atom is 0.262 e. The molecule has 0 saturated heterocycles. The van der Waals surface area contributed by atoms with Gasteiger partial charge in [0.25, 0.3) is 5.88 Å². The predicted octanol–water partition coefficient (Wildman–Crippen LogP) is 3.97. The van der Waals surface area contributed by atoms with E-state index in [0.717, 1.165) is 12.0 Å². The monoisotopic (exact) mass is 284 g/mol. The van der Waals surface area contributed by atoms with E-state index in [0.29, 0.717) is 36.1 Å². The molecule has 4 heteroatoms. The van der Waals surface area contributed by atoms with Gasteiger partial charge in [-0.25, -0.2) is 4.98 Å². The van der Waals surface area contributed by atoms with Crippen LogP contribution in [-0.2, 0) is 6.42 Å². The Morgan fingerprint density at radius 2 is 2.14 bits per heavy atom. The Hall–Kier alpha value is -2.49. The Morgan fingerprint density at radius 1 is 1.29 bits per heavy atom. The lowest BCUT2D eigenvalue weighted by atomic mass is 10.1. The topological polar surface area (TPSA) is 57.4 Å². The summed E-state index contributed by atoms with van der Waals surface area (Å²) in [7, 11) is 0. The molecule has 2 aromatic rings. The molecular formula is C17H20N2O2. The summed E-state index contributed by atoms with van der Waals surface area (Å²) >= 11 is 0. The van der Waals surface area contributed by atoms with E-state index in [4.69, 9.17) is 15.2 Å². The zero-order valence-corrected chi connectivity index (χ0v) is 12.2. The standard InChI is InChI=1S/C17H20N2O2/c1-3-6-13-12-14(18)8-9-15(13)21-17-16(20-11-4-2)7-5-10-19-17/h3,5,7-10,12H,1,4,6,11,18H2,2H3. The van der Waals surface area contributed by atoms with Gasteiger partial charge in [-0.05, 0) is 43.2 Å². The number of rotatable bonds is 7. The van der Waals surface area contributed by atoms with Crippen LogP contribution in [0.3, 0.4) is 0 Å². The molecule has 0 fully saturated rings. The molecule has 0 unspecified atom stereocenters. The number of allylic oxidation sites excluding steroid dienone is 1. The summed E-state index contributed by atoms with van der Waals surface area (Å²) in [6.07, 6.45) is 5.10. The zero-order chi connectivity index (χ0) is 15.1. The maximum atomic E-state index is 5.91. The van der Waals surface area contributed by atoms with Crippen LogP contribution >= 0.6 is 0 Å². The van der Waals surface area contributed by atoms with Gasteiger partial charge in [-0.15, -0.1) is 6.58 Å². The minimum absolute atomic E-state index is 0.459. The molecule has 0 amide bonds. The quantitative estimate of drug-likeness (QED) is 0.617. The van der Waals surface area contributed by atoms with Crippen molar-refractivity contribution in [3.8, 4) is 17.4 Å². The molecular weight excluding hydrogens is 264 g/mol. The second-order valence-electron chi connectivity index (χ2n) is 4.62. The van der Waals surface area contributed by atoms with Crippen molar-refractivity contribution in [3.63, 3.8) is 0 Å². The first-order chi connectivity index (χ1) is 10.2. The number of nitrogen functional groups attached to an aromatic ring is 1. The van der Waals surface area contributed by atoms with Gasteiger partial charge in [0.05, 0.1) is 6.61 Å². The fourth-order valence-electron chi connectivity index (χ4n) is 1.89. The molecule has 0 atom stereocenters. The Labute approximate surface area is 125 Å². The summed E-state index contributed by atoms with van der Waals surface area (Å²) in [5.74, 6) is 1.81. The first-order valence-electron chi connectivity index (χ1n) is 6.99. The van der Waals surface area contributed by atoms with Crippen LogP contribution in [0.15, 0.2) is 49.2 Å². The molecule has 0 radical (unpaired) electrons. The second kappa shape index (κ2) is 7.33. The van der Waals surface area contributed by atoms with Crippen LogP contribution in [0.5, 0.6) is 17.4 Å².